The maximum Gasteiger partial charge on any atom is 0.0780 e. The van der Waals surface area contributed by atoms with Crippen molar-refractivity contribution in [3.63, 3.8) is 0 Å². The maximum atomic E-state index is 4.63. The highest BCUT2D eigenvalue weighted by molar-refractivity contribution is 5.86. The molecule has 2 heteroatoms. The molecule has 3 rings (SSSR count). The molecule has 3 aromatic rings. The van der Waals surface area contributed by atoms with E-state index in [0.717, 1.165) is 27.9 Å². The second kappa shape index (κ2) is 7.05. The molecule has 0 atom stereocenters. The third kappa shape index (κ3) is 3.33. The molecule has 1 heterocycles. The lowest BCUT2D eigenvalue weighted by Gasteiger charge is -2.11. The zero-order chi connectivity index (χ0) is 16.9. The van der Waals surface area contributed by atoms with Gasteiger partial charge in [-0.1, -0.05) is 54.6 Å². The minimum Gasteiger partial charge on any atom is -0.265 e. The summed E-state index contributed by atoms with van der Waals surface area (Å²) in [5.41, 5.74) is 7.95. The molecule has 0 radical (unpaired) electrons. The van der Waals surface area contributed by atoms with E-state index in [1.165, 1.54) is 11.1 Å². The number of nitrogens with zero attached hydrogens (tertiary/aromatic N) is 2. The summed E-state index contributed by atoms with van der Waals surface area (Å²) in [5.74, 6) is 0. The number of hydrogen-bond donors (Lipinski definition) is 0. The van der Waals surface area contributed by atoms with Crippen LogP contribution < -0.4 is 0 Å². The number of rotatable bonds is 4. The first-order valence-electron chi connectivity index (χ1n) is 7.96. The van der Waals surface area contributed by atoms with Gasteiger partial charge >= 0.3 is 0 Å². The topological polar surface area (TPSA) is 25.2 Å². The Morgan fingerprint density at radius 1 is 0.958 bits per heavy atom. The first kappa shape index (κ1) is 15.9. The van der Waals surface area contributed by atoms with Gasteiger partial charge in [0.25, 0.3) is 0 Å². The minimum atomic E-state index is 1.01. The van der Waals surface area contributed by atoms with Crippen molar-refractivity contribution in [3.8, 4) is 22.4 Å². The van der Waals surface area contributed by atoms with Crippen molar-refractivity contribution in [1.29, 1.82) is 0 Å². The molecule has 0 saturated heterocycles. The summed E-state index contributed by atoms with van der Waals surface area (Å²) in [6.45, 7) is 7.81. The Hall–Kier alpha value is -3.00. The summed E-state index contributed by atoms with van der Waals surface area (Å²) in [6, 6.07) is 18.9. The highest BCUT2D eigenvalue weighted by atomic mass is 14.7. The summed E-state index contributed by atoms with van der Waals surface area (Å²) < 4.78 is 0. The van der Waals surface area contributed by atoms with Crippen LogP contribution in [0.3, 0.4) is 0 Å². The Bertz CT molecular complexity index is 907. The van der Waals surface area contributed by atoms with Crippen LogP contribution >= 0.6 is 0 Å². The van der Waals surface area contributed by atoms with Gasteiger partial charge in [-0.15, -0.1) is 0 Å². The Morgan fingerprint density at radius 2 is 1.83 bits per heavy atom. The third-order valence-electron chi connectivity index (χ3n) is 4.00. The van der Waals surface area contributed by atoms with Gasteiger partial charge in [0.1, 0.15) is 0 Å². The van der Waals surface area contributed by atoms with Gasteiger partial charge in [0, 0.05) is 29.7 Å². The standard InChI is InChI=1S/C22H20N2/c1-4-23-15-20-11-10-18(14-17(20)3)21-9-6-12-24-22(21)19-8-5-7-16(2)13-19/h4-15H,1H2,2-3H3/b23-15-. The summed E-state index contributed by atoms with van der Waals surface area (Å²) in [6.07, 6.45) is 5.22. The summed E-state index contributed by atoms with van der Waals surface area (Å²) in [7, 11) is 0. The molecule has 0 unspecified atom stereocenters. The van der Waals surface area contributed by atoms with E-state index in [0.29, 0.717) is 0 Å². The number of pyridine rings is 1. The molecule has 0 bridgehead atoms. The Labute approximate surface area is 143 Å². The molecule has 118 valence electrons. The molecular formula is C22H20N2. The average Bonchev–Trinajstić information content (AvgIpc) is 2.61. The molecule has 0 fully saturated rings. The zero-order valence-electron chi connectivity index (χ0n) is 14.0. The van der Waals surface area contributed by atoms with Gasteiger partial charge in [-0.05, 0) is 42.7 Å². The fourth-order valence-corrected chi connectivity index (χ4v) is 2.78. The second-order valence-electron chi connectivity index (χ2n) is 5.80. The van der Waals surface area contributed by atoms with Crippen LogP contribution in [0.4, 0.5) is 0 Å². The van der Waals surface area contributed by atoms with E-state index >= 15 is 0 Å². The number of aromatic nitrogens is 1. The van der Waals surface area contributed by atoms with Gasteiger partial charge in [-0.3, -0.25) is 9.98 Å². The van der Waals surface area contributed by atoms with Crippen LogP contribution in [0, 0.1) is 13.8 Å². The van der Waals surface area contributed by atoms with E-state index in [2.05, 4.69) is 78.9 Å². The minimum absolute atomic E-state index is 1.01. The molecule has 0 amide bonds. The fraction of sp³-hybridized carbons (Fsp3) is 0.0909. The Kier molecular flexibility index (Phi) is 4.66. The van der Waals surface area contributed by atoms with E-state index in [4.69, 9.17) is 0 Å². The molecule has 24 heavy (non-hydrogen) atoms. The number of benzene rings is 2. The summed E-state index contributed by atoms with van der Waals surface area (Å²) in [4.78, 5) is 8.74. The van der Waals surface area contributed by atoms with Gasteiger partial charge in [0.15, 0.2) is 0 Å². The molecule has 2 aromatic carbocycles. The van der Waals surface area contributed by atoms with Crippen molar-refractivity contribution in [2.24, 2.45) is 4.99 Å². The first-order chi connectivity index (χ1) is 11.7. The van der Waals surface area contributed by atoms with Crippen LogP contribution in [0.5, 0.6) is 0 Å². The monoisotopic (exact) mass is 312 g/mol. The Morgan fingerprint density at radius 3 is 2.58 bits per heavy atom. The number of aliphatic imine (C=N–C) groups is 1. The Balaban J connectivity index is 2.09. The average molecular weight is 312 g/mol. The normalized spacial score (nSPS) is 10.9. The predicted molar refractivity (Wildman–Crippen MR) is 102 cm³/mol. The van der Waals surface area contributed by atoms with Gasteiger partial charge in [-0.25, -0.2) is 0 Å². The summed E-state index contributed by atoms with van der Waals surface area (Å²) in [5, 5.41) is 0. The lowest BCUT2D eigenvalue weighted by atomic mass is 9.96. The lowest BCUT2D eigenvalue weighted by molar-refractivity contribution is 1.31. The quantitative estimate of drug-likeness (QED) is 0.576. The lowest BCUT2D eigenvalue weighted by Crippen LogP contribution is -1.92. The molecule has 1 aromatic heterocycles. The number of aryl methyl sites for hydroxylation is 2. The van der Waals surface area contributed by atoms with Gasteiger partial charge in [0.05, 0.1) is 5.69 Å². The fourth-order valence-electron chi connectivity index (χ4n) is 2.78. The van der Waals surface area contributed by atoms with Crippen molar-refractivity contribution in [2.75, 3.05) is 0 Å². The highest BCUT2D eigenvalue weighted by Gasteiger charge is 2.09. The van der Waals surface area contributed by atoms with E-state index < -0.39 is 0 Å². The molecule has 0 aliphatic carbocycles. The largest absolute Gasteiger partial charge is 0.265 e. The van der Waals surface area contributed by atoms with E-state index in [-0.39, 0.29) is 0 Å². The second-order valence-corrected chi connectivity index (χ2v) is 5.80. The SMILES string of the molecule is C=C/N=C\c1ccc(-c2cccnc2-c2cccc(C)c2)cc1C. The third-order valence-corrected chi connectivity index (χ3v) is 4.00. The van der Waals surface area contributed by atoms with Crippen molar-refractivity contribution in [1.82, 2.24) is 4.98 Å². The van der Waals surface area contributed by atoms with Crippen LogP contribution in [-0.4, -0.2) is 11.2 Å². The van der Waals surface area contributed by atoms with Crippen LogP contribution in [0.1, 0.15) is 16.7 Å². The molecule has 0 aliphatic heterocycles. The smallest absolute Gasteiger partial charge is 0.0780 e. The van der Waals surface area contributed by atoms with Crippen LogP contribution in [0.15, 0.2) is 78.6 Å². The van der Waals surface area contributed by atoms with Crippen molar-refractivity contribution < 1.29 is 0 Å². The number of hydrogen-bond acceptors (Lipinski definition) is 2. The van der Waals surface area contributed by atoms with Crippen LogP contribution in [0.25, 0.3) is 22.4 Å². The first-order valence-corrected chi connectivity index (χ1v) is 7.96. The maximum absolute atomic E-state index is 4.63. The molecular weight excluding hydrogens is 292 g/mol. The highest BCUT2D eigenvalue weighted by Crippen LogP contribution is 2.31. The molecule has 0 N–H and O–H groups in total. The summed E-state index contributed by atoms with van der Waals surface area (Å²) >= 11 is 0. The van der Waals surface area contributed by atoms with Gasteiger partial charge in [0.2, 0.25) is 0 Å². The van der Waals surface area contributed by atoms with Crippen molar-refractivity contribution >= 4 is 6.21 Å². The van der Waals surface area contributed by atoms with Crippen LogP contribution in [-0.2, 0) is 0 Å². The molecule has 0 spiro atoms. The van der Waals surface area contributed by atoms with E-state index in [9.17, 15) is 0 Å². The molecule has 0 aliphatic rings. The predicted octanol–water partition coefficient (Wildman–Crippen LogP) is 5.59. The van der Waals surface area contributed by atoms with E-state index in [1.807, 2.05) is 18.5 Å². The van der Waals surface area contributed by atoms with Gasteiger partial charge < -0.3 is 0 Å². The van der Waals surface area contributed by atoms with Crippen molar-refractivity contribution in [2.45, 2.75) is 13.8 Å². The molecule has 2 nitrogen and oxygen atoms in total. The van der Waals surface area contributed by atoms with E-state index in [1.54, 1.807) is 6.20 Å². The van der Waals surface area contributed by atoms with Gasteiger partial charge in [-0.2, -0.15) is 0 Å². The molecule has 0 saturated carbocycles. The van der Waals surface area contributed by atoms with Crippen LogP contribution in [0.2, 0.25) is 0 Å². The van der Waals surface area contributed by atoms with Crippen molar-refractivity contribution in [3.05, 3.63) is 90.3 Å². The zero-order valence-corrected chi connectivity index (χ0v) is 14.0.